The monoisotopic (exact) mass is 226 g/mol. The van der Waals surface area contributed by atoms with Crippen LogP contribution in [0, 0.1) is 5.82 Å². The molecule has 1 saturated carbocycles. The van der Waals surface area contributed by atoms with Crippen molar-refractivity contribution >= 4 is 11.8 Å². The zero-order valence-corrected chi connectivity index (χ0v) is 8.86. The molecular weight excluding hydrogens is 211 g/mol. The summed E-state index contributed by atoms with van der Waals surface area (Å²) in [6.45, 7) is 0. The summed E-state index contributed by atoms with van der Waals surface area (Å²) in [5, 5.41) is 12.6. The molecule has 2 rings (SSSR count). The molecule has 1 heterocycles. The minimum Gasteiger partial charge on any atom is -0.391 e. The summed E-state index contributed by atoms with van der Waals surface area (Å²) < 4.78 is 13.3. The zero-order chi connectivity index (χ0) is 11.5. The Kier molecular flexibility index (Phi) is 3.19. The Labute approximate surface area is 92.9 Å². The number of aliphatic hydroxyl groups is 1. The van der Waals surface area contributed by atoms with E-state index in [1.165, 1.54) is 0 Å². The van der Waals surface area contributed by atoms with E-state index in [1.807, 2.05) is 0 Å². The van der Waals surface area contributed by atoms with Gasteiger partial charge in [0.1, 0.15) is 0 Å². The Morgan fingerprint density at radius 1 is 1.44 bits per heavy atom. The molecule has 1 aliphatic carbocycles. The van der Waals surface area contributed by atoms with E-state index in [4.69, 9.17) is 5.73 Å². The number of hydrogen-bond acceptors (Lipinski definition) is 5. The van der Waals surface area contributed by atoms with Crippen molar-refractivity contribution in [2.45, 2.75) is 37.8 Å². The minimum atomic E-state index is -0.549. The molecule has 0 aliphatic heterocycles. The van der Waals surface area contributed by atoms with E-state index in [2.05, 4.69) is 15.3 Å². The highest BCUT2D eigenvalue weighted by atomic mass is 19.1. The maximum atomic E-state index is 13.3. The summed E-state index contributed by atoms with van der Waals surface area (Å²) >= 11 is 0. The average molecular weight is 226 g/mol. The van der Waals surface area contributed by atoms with Crippen LogP contribution in [0.4, 0.5) is 16.2 Å². The summed E-state index contributed by atoms with van der Waals surface area (Å²) in [4.78, 5) is 7.31. The lowest BCUT2D eigenvalue weighted by Crippen LogP contribution is -2.36. The Morgan fingerprint density at radius 3 is 2.94 bits per heavy atom. The molecule has 0 amide bonds. The minimum absolute atomic E-state index is 0.0224. The molecule has 0 spiro atoms. The molecule has 1 fully saturated rings. The molecule has 0 saturated heterocycles. The smallest absolute Gasteiger partial charge is 0.222 e. The summed E-state index contributed by atoms with van der Waals surface area (Å²) in [5.41, 5.74) is 5.38. The number of rotatable bonds is 2. The summed E-state index contributed by atoms with van der Waals surface area (Å²) in [6, 6.07) is -0.155. The molecule has 1 aromatic rings. The number of nitrogens with two attached hydrogens (primary N) is 1. The SMILES string of the molecule is Nc1ncc(F)c(NC2CCCCC2O)n1. The van der Waals surface area contributed by atoms with Gasteiger partial charge in [0.25, 0.3) is 0 Å². The van der Waals surface area contributed by atoms with Crippen LogP contribution in [-0.4, -0.2) is 27.2 Å². The second-order valence-corrected chi connectivity index (χ2v) is 4.03. The fourth-order valence-corrected chi connectivity index (χ4v) is 1.94. The molecule has 0 radical (unpaired) electrons. The van der Waals surface area contributed by atoms with Crippen LogP contribution >= 0.6 is 0 Å². The first-order chi connectivity index (χ1) is 7.66. The summed E-state index contributed by atoms with van der Waals surface area (Å²) in [6.07, 6.45) is 4.15. The van der Waals surface area contributed by atoms with Crippen LogP contribution in [0.25, 0.3) is 0 Å². The predicted octanol–water partition coefficient (Wildman–Crippen LogP) is 0.913. The first-order valence-corrected chi connectivity index (χ1v) is 5.39. The van der Waals surface area contributed by atoms with E-state index in [9.17, 15) is 9.50 Å². The number of nitrogens with zero attached hydrogens (tertiary/aromatic N) is 2. The summed E-state index contributed by atoms with van der Waals surface area (Å²) in [7, 11) is 0. The second-order valence-electron chi connectivity index (χ2n) is 4.03. The van der Waals surface area contributed by atoms with E-state index in [0.717, 1.165) is 31.9 Å². The van der Waals surface area contributed by atoms with Crippen molar-refractivity contribution in [3.05, 3.63) is 12.0 Å². The van der Waals surface area contributed by atoms with E-state index < -0.39 is 11.9 Å². The molecule has 1 aromatic heterocycles. The Bertz CT molecular complexity index is 374. The lowest BCUT2D eigenvalue weighted by atomic mass is 9.92. The average Bonchev–Trinajstić information content (AvgIpc) is 2.27. The molecule has 0 aromatic carbocycles. The Balaban J connectivity index is 2.10. The quantitative estimate of drug-likeness (QED) is 0.698. The van der Waals surface area contributed by atoms with Crippen molar-refractivity contribution in [3.8, 4) is 0 Å². The van der Waals surface area contributed by atoms with E-state index >= 15 is 0 Å². The van der Waals surface area contributed by atoms with Crippen molar-refractivity contribution in [1.29, 1.82) is 0 Å². The molecule has 6 heteroatoms. The standard InChI is InChI=1S/C10H15FN4O/c11-6-5-13-10(12)15-9(6)14-7-3-1-2-4-8(7)16/h5,7-8,16H,1-4H2,(H3,12,13,14,15). The molecule has 2 unspecified atom stereocenters. The maximum absolute atomic E-state index is 13.3. The number of hydrogen-bond donors (Lipinski definition) is 3. The van der Waals surface area contributed by atoms with Gasteiger partial charge in [0.15, 0.2) is 11.6 Å². The van der Waals surface area contributed by atoms with Crippen LogP contribution in [0.5, 0.6) is 0 Å². The Hall–Kier alpha value is -1.43. The molecule has 16 heavy (non-hydrogen) atoms. The predicted molar refractivity (Wildman–Crippen MR) is 58.3 cm³/mol. The normalized spacial score (nSPS) is 25.4. The number of halogens is 1. The largest absolute Gasteiger partial charge is 0.391 e. The van der Waals surface area contributed by atoms with Gasteiger partial charge in [-0.25, -0.2) is 9.37 Å². The van der Waals surface area contributed by atoms with Crippen LogP contribution in [0.2, 0.25) is 0 Å². The van der Waals surface area contributed by atoms with Gasteiger partial charge in [-0.15, -0.1) is 0 Å². The fraction of sp³-hybridized carbons (Fsp3) is 0.600. The maximum Gasteiger partial charge on any atom is 0.222 e. The molecule has 5 nitrogen and oxygen atoms in total. The van der Waals surface area contributed by atoms with Gasteiger partial charge in [-0.3, -0.25) is 0 Å². The van der Waals surface area contributed by atoms with Crippen molar-refractivity contribution in [3.63, 3.8) is 0 Å². The van der Waals surface area contributed by atoms with Crippen molar-refractivity contribution in [2.75, 3.05) is 11.1 Å². The Morgan fingerprint density at radius 2 is 2.19 bits per heavy atom. The van der Waals surface area contributed by atoms with Gasteiger partial charge in [-0.05, 0) is 12.8 Å². The van der Waals surface area contributed by atoms with Gasteiger partial charge in [0.2, 0.25) is 5.95 Å². The highest BCUT2D eigenvalue weighted by Crippen LogP contribution is 2.22. The first kappa shape index (κ1) is 11.1. The van der Waals surface area contributed by atoms with Gasteiger partial charge in [0, 0.05) is 0 Å². The third-order valence-electron chi connectivity index (χ3n) is 2.81. The van der Waals surface area contributed by atoms with Crippen LogP contribution in [0.15, 0.2) is 6.20 Å². The molecule has 4 N–H and O–H groups in total. The second kappa shape index (κ2) is 4.61. The van der Waals surface area contributed by atoms with Gasteiger partial charge in [0.05, 0.1) is 18.3 Å². The third-order valence-corrected chi connectivity index (χ3v) is 2.81. The highest BCUT2D eigenvalue weighted by Gasteiger charge is 2.24. The molecule has 2 atom stereocenters. The molecule has 0 bridgehead atoms. The number of nitrogen functional groups attached to an aromatic ring is 1. The van der Waals surface area contributed by atoms with Gasteiger partial charge in [-0.2, -0.15) is 4.98 Å². The van der Waals surface area contributed by atoms with Crippen LogP contribution in [0.1, 0.15) is 25.7 Å². The number of aromatic nitrogens is 2. The van der Waals surface area contributed by atoms with Gasteiger partial charge >= 0.3 is 0 Å². The van der Waals surface area contributed by atoms with Gasteiger partial charge in [-0.1, -0.05) is 12.8 Å². The number of anilines is 2. The van der Waals surface area contributed by atoms with E-state index in [1.54, 1.807) is 0 Å². The summed E-state index contributed by atoms with van der Waals surface area (Å²) in [5.74, 6) is -0.459. The van der Waals surface area contributed by atoms with Crippen molar-refractivity contribution in [2.24, 2.45) is 0 Å². The van der Waals surface area contributed by atoms with Crippen molar-refractivity contribution < 1.29 is 9.50 Å². The van der Waals surface area contributed by atoms with Crippen LogP contribution in [0.3, 0.4) is 0 Å². The van der Waals surface area contributed by atoms with Crippen LogP contribution in [-0.2, 0) is 0 Å². The van der Waals surface area contributed by atoms with E-state index in [-0.39, 0.29) is 17.8 Å². The fourth-order valence-electron chi connectivity index (χ4n) is 1.94. The third kappa shape index (κ3) is 2.38. The van der Waals surface area contributed by atoms with E-state index in [0.29, 0.717) is 0 Å². The molecule has 88 valence electrons. The lowest BCUT2D eigenvalue weighted by Gasteiger charge is -2.28. The topological polar surface area (TPSA) is 84.1 Å². The van der Waals surface area contributed by atoms with Crippen molar-refractivity contribution in [1.82, 2.24) is 9.97 Å². The molecule has 1 aliphatic rings. The molecular formula is C10H15FN4O. The van der Waals surface area contributed by atoms with Crippen LogP contribution < -0.4 is 11.1 Å². The first-order valence-electron chi connectivity index (χ1n) is 5.39. The highest BCUT2D eigenvalue weighted by molar-refractivity contribution is 5.40. The zero-order valence-electron chi connectivity index (χ0n) is 8.86. The lowest BCUT2D eigenvalue weighted by molar-refractivity contribution is 0.116. The van der Waals surface area contributed by atoms with Gasteiger partial charge < -0.3 is 16.2 Å². The number of aliphatic hydroxyl groups excluding tert-OH is 1. The number of nitrogens with one attached hydrogen (secondary N) is 1.